The standard InChI is InChI=1S/C15H19FN2O.ClH/c16-12-4-2-11(3-5-12)13-10-14(13)15(19)18-8-1-6-17-7-9-18;/h2-5,13-14,17H,1,6-10H2;1H. The third-order valence-corrected chi connectivity index (χ3v) is 4.06. The van der Waals surface area contributed by atoms with Crippen LogP contribution in [0.15, 0.2) is 24.3 Å². The van der Waals surface area contributed by atoms with Crippen LogP contribution in [0.1, 0.15) is 24.3 Å². The van der Waals surface area contributed by atoms with Gasteiger partial charge in [0.25, 0.3) is 0 Å². The van der Waals surface area contributed by atoms with Crippen molar-refractivity contribution in [1.82, 2.24) is 10.2 Å². The summed E-state index contributed by atoms with van der Waals surface area (Å²) in [6, 6.07) is 6.56. The molecule has 20 heavy (non-hydrogen) atoms. The number of carbonyl (C=O) groups is 1. The Hall–Kier alpha value is -1.13. The molecule has 1 heterocycles. The average Bonchev–Trinajstić information content (AvgIpc) is 3.23. The van der Waals surface area contributed by atoms with E-state index in [2.05, 4.69) is 5.32 Å². The predicted molar refractivity (Wildman–Crippen MR) is 78.6 cm³/mol. The second-order valence-corrected chi connectivity index (χ2v) is 5.43. The quantitative estimate of drug-likeness (QED) is 0.907. The second kappa shape index (κ2) is 6.55. The third kappa shape index (κ3) is 3.30. The highest BCUT2D eigenvalue weighted by molar-refractivity contribution is 5.85. The number of benzene rings is 1. The summed E-state index contributed by atoms with van der Waals surface area (Å²) in [7, 11) is 0. The number of amides is 1. The van der Waals surface area contributed by atoms with Gasteiger partial charge < -0.3 is 10.2 Å². The number of hydrogen-bond donors (Lipinski definition) is 1. The van der Waals surface area contributed by atoms with Crippen molar-refractivity contribution in [3.63, 3.8) is 0 Å². The Kier molecular flexibility index (Phi) is 5.00. The summed E-state index contributed by atoms with van der Waals surface area (Å²) in [5.41, 5.74) is 1.09. The van der Waals surface area contributed by atoms with Gasteiger partial charge >= 0.3 is 0 Å². The van der Waals surface area contributed by atoms with Crippen LogP contribution in [-0.4, -0.2) is 37.0 Å². The Morgan fingerprint density at radius 1 is 1.20 bits per heavy atom. The molecule has 1 aliphatic carbocycles. The molecule has 1 aromatic rings. The molecule has 1 aliphatic heterocycles. The fraction of sp³-hybridized carbons (Fsp3) is 0.533. The van der Waals surface area contributed by atoms with Gasteiger partial charge in [0.1, 0.15) is 5.82 Å². The Morgan fingerprint density at radius 2 is 1.95 bits per heavy atom. The molecule has 2 unspecified atom stereocenters. The first kappa shape index (κ1) is 15.3. The van der Waals surface area contributed by atoms with Crippen molar-refractivity contribution in [1.29, 1.82) is 0 Å². The second-order valence-electron chi connectivity index (χ2n) is 5.43. The van der Waals surface area contributed by atoms with Gasteiger partial charge in [0.2, 0.25) is 5.91 Å². The number of nitrogens with zero attached hydrogens (tertiary/aromatic N) is 1. The van der Waals surface area contributed by atoms with E-state index >= 15 is 0 Å². The molecule has 3 rings (SSSR count). The van der Waals surface area contributed by atoms with E-state index in [1.807, 2.05) is 4.90 Å². The highest BCUT2D eigenvalue weighted by Crippen LogP contribution is 2.48. The average molecular weight is 299 g/mol. The largest absolute Gasteiger partial charge is 0.341 e. The normalized spacial score (nSPS) is 25.6. The van der Waals surface area contributed by atoms with Crippen molar-refractivity contribution in [2.45, 2.75) is 18.8 Å². The fourth-order valence-electron chi connectivity index (χ4n) is 2.85. The predicted octanol–water partition coefficient (Wildman–Crippen LogP) is 2.17. The van der Waals surface area contributed by atoms with Crippen LogP contribution < -0.4 is 5.32 Å². The minimum atomic E-state index is -0.217. The molecule has 5 heteroatoms. The molecule has 110 valence electrons. The van der Waals surface area contributed by atoms with Crippen LogP contribution in [0.2, 0.25) is 0 Å². The van der Waals surface area contributed by atoms with Crippen LogP contribution >= 0.6 is 12.4 Å². The lowest BCUT2D eigenvalue weighted by Gasteiger charge is -2.20. The molecule has 2 atom stereocenters. The first-order chi connectivity index (χ1) is 9.25. The molecule has 1 aromatic carbocycles. The molecular formula is C15H20ClFN2O. The maximum Gasteiger partial charge on any atom is 0.226 e. The number of nitrogens with one attached hydrogen (secondary N) is 1. The van der Waals surface area contributed by atoms with Crippen molar-refractivity contribution in [2.75, 3.05) is 26.2 Å². The lowest BCUT2D eigenvalue weighted by atomic mass is 10.1. The van der Waals surface area contributed by atoms with Crippen molar-refractivity contribution < 1.29 is 9.18 Å². The summed E-state index contributed by atoms with van der Waals surface area (Å²) < 4.78 is 12.9. The zero-order valence-electron chi connectivity index (χ0n) is 11.3. The molecule has 0 bridgehead atoms. The number of rotatable bonds is 2. The number of carbonyl (C=O) groups excluding carboxylic acids is 1. The van der Waals surface area contributed by atoms with E-state index < -0.39 is 0 Å². The maximum absolute atomic E-state index is 12.9. The van der Waals surface area contributed by atoms with Crippen LogP contribution in [0.5, 0.6) is 0 Å². The summed E-state index contributed by atoms with van der Waals surface area (Å²) >= 11 is 0. The van der Waals surface area contributed by atoms with Crippen molar-refractivity contribution in [3.05, 3.63) is 35.6 Å². The van der Waals surface area contributed by atoms with E-state index in [0.717, 1.165) is 44.6 Å². The van der Waals surface area contributed by atoms with Gasteiger partial charge in [0.15, 0.2) is 0 Å². The van der Waals surface area contributed by atoms with Gasteiger partial charge in [-0.15, -0.1) is 12.4 Å². The molecule has 0 aromatic heterocycles. The fourth-order valence-corrected chi connectivity index (χ4v) is 2.85. The smallest absolute Gasteiger partial charge is 0.226 e. The first-order valence-electron chi connectivity index (χ1n) is 7.00. The SMILES string of the molecule is Cl.O=C(C1CC1c1ccc(F)cc1)N1CCCNCC1. The lowest BCUT2D eigenvalue weighted by Crippen LogP contribution is -2.35. The Balaban J connectivity index is 0.00000147. The zero-order chi connectivity index (χ0) is 13.2. The van der Waals surface area contributed by atoms with Crippen molar-refractivity contribution in [3.8, 4) is 0 Å². The molecule has 1 saturated carbocycles. The molecule has 1 saturated heterocycles. The lowest BCUT2D eigenvalue weighted by molar-refractivity contribution is -0.132. The van der Waals surface area contributed by atoms with Crippen LogP contribution in [-0.2, 0) is 4.79 Å². The van der Waals surface area contributed by atoms with Gasteiger partial charge in [0.05, 0.1) is 0 Å². The van der Waals surface area contributed by atoms with E-state index in [-0.39, 0.29) is 30.0 Å². The van der Waals surface area contributed by atoms with Crippen molar-refractivity contribution in [2.24, 2.45) is 5.92 Å². The first-order valence-corrected chi connectivity index (χ1v) is 7.00. The van der Waals surface area contributed by atoms with Gasteiger partial charge in [-0.1, -0.05) is 12.1 Å². The Labute approximate surface area is 124 Å². The summed E-state index contributed by atoms with van der Waals surface area (Å²) in [4.78, 5) is 14.4. The van der Waals surface area contributed by atoms with Gasteiger partial charge in [-0.3, -0.25) is 4.79 Å². The molecule has 2 aliphatic rings. The molecular weight excluding hydrogens is 279 g/mol. The van der Waals surface area contributed by atoms with Gasteiger partial charge in [-0.2, -0.15) is 0 Å². The molecule has 1 N–H and O–H groups in total. The van der Waals surface area contributed by atoms with Crippen LogP contribution in [0.4, 0.5) is 4.39 Å². The highest BCUT2D eigenvalue weighted by Gasteiger charge is 2.45. The van der Waals surface area contributed by atoms with Crippen LogP contribution in [0.25, 0.3) is 0 Å². The molecule has 0 radical (unpaired) electrons. The Morgan fingerprint density at radius 3 is 2.70 bits per heavy atom. The molecule has 1 amide bonds. The molecule has 0 spiro atoms. The van der Waals surface area contributed by atoms with E-state index in [9.17, 15) is 9.18 Å². The number of halogens is 2. The van der Waals surface area contributed by atoms with Crippen LogP contribution in [0, 0.1) is 11.7 Å². The summed E-state index contributed by atoms with van der Waals surface area (Å²) in [6.45, 7) is 3.56. The van der Waals surface area contributed by atoms with E-state index in [1.165, 1.54) is 12.1 Å². The van der Waals surface area contributed by atoms with Gasteiger partial charge in [-0.25, -0.2) is 4.39 Å². The summed E-state index contributed by atoms with van der Waals surface area (Å²) in [5, 5.41) is 3.30. The minimum absolute atomic E-state index is 0. The minimum Gasteiger partial charge on any atom is -0.341 e. The van der Waals surface area contributed by atoms with E-state index in [1.54, 1.807) is 12.1 Å². The Bertz CT molecular complexity index is 457. The maximum atomic E-state index is 12.9. The monoisotopic (exact) mass is 298 g/mol. The zero-order valence-corrected chi connectivity index (χ0v) is 12.2. The van der Waals surface area contributed by atoms with Crippen molar-refractivity contribution >= 4 is 18.3 Å². The van der Waals surface area contributed by atoms with E-state index in [4.69, 9.17) is 0 Å². The molecule has 2 fully saturated rings. The topological polar surface area (TPSA) is 32.3 Å². The molecule has 3 nitrogen and oxygen atoms in total. The van der Waals surface area contributed by atoms with Gasteiger partial charge in [-0.05, 0) is 43.0 Å². The van der Waals surface area contributed by atoms with Gasteiger partial charge in [0, 0.05) is 25.6 Å². The number of hydrogen-bond acceptors (Lipinski definition) is 2. The summed E-state index contributed by atoms with van der Waals surface area (Å²) in [5.74, 6) is 0.469. The van der Waals surface area contributed by atoms with Crippen LogP contribution in [0.3, 0.4) is 0 Å². The summed E-state index contributed by atoms with van der Waals surface area (Å²) in [6.07, 6.45) is 1.94. The third-order valence-electron chi connectivity index (χ3n) is 4.06. The highest BCUT2D eigenvalue weighted by atomic mass is 35.5. The van der Waals surface area contributed by atoms with E-state index in [0.29, 0.717) is 5.92 Å².